The summed E-state index contributed by atoms with van der Waals surface area (Å²) in [6.45, 7) is 2.71. The van der Waals surface area contributed by atoms with Crippen molar-refractivity contribution in [2.45, 2.75) is 44.6 Å². The molecule has 1 aliphatic heterocycles. The van der Waals surface area contributed by atoms with Crippen LogP contribution in [0.5, 0.6) is 0 Å². The van der Waals surface area contributed by atoms with Crippen molar-refractivity contribution in [1.82, 2.24) is 4.90 Å². The van der Waals surface area contributed by atoms with E-state index in [1.165, 1.54) is 32.1 Å². The van der Waals surface area contributed by atoms with Gasteiger partial charge in [-0.25, -0.2) is 0 Å². The van der Waals surface area contributed by atoms with Gasteiger partial charge in [-0.05, 0) is 18.9 Å². The summed E-state index contributed by atoms with van der Waals surface area (Å²) < 4.78 is 5.24. The molecule has 98 valence electrons. The summed E-state index contributed by atoms with van der Waals surface area (Å²) in [5.74, 6) is 0.0781. The van der Waals surface area contributed by atoms with Gasteiger partial charge >= 0.3 is 5.97 Å². The first kappa shape index (κ1) is 12.8. The molecule has 0 radical (unpaired) electrons. The van der Waals surface area contributed by atoms with Gasteiger partial charge in [0.2, 0.25) is 0 Å². The van der Waals surface area contributed by atoms with E-state index in [0.29, 0.717) is 13.2 Å². The number of aliphatic carboxylic acids is 1. The Morgan fingerprint density at radius 2 is 2.06 bits per heavy atom. The Labute approximate surface area is 103 Å². The van der Waals surface area contributed by atoms with Gasteiger partial charge in [0.15, 0.2) is 0 Å². The molecule has 1 aliphatic carbocycles. The Kier molecular flexibility index (Phi) is 4.80. The predicted molar refractivity (Wildman–Crippen MR) is 65.0 cm³/mol. The van der Waals surface area contributed by atoms with Gasteiger partial charge in [-0.1, -0.05) is 32.1 Å². The van der Waals surface area contributed by atoms with Crippen molar-refractivity contribution in [3.05, 3.63) is 0 Å². The molecule has 4 heteroatoms. The summed E-state index contributed by atoms with van der Waals surface area (Å²) >= 11 is 0. The summed E-state index contributed by atoms with van der Waals surface area (Å²) in [6.07, 6.45) is 7.92. The highest BCUT2D eigenvalue weighted by Crippen LogP contribution is 2.26. The van der Waals surface area contributed by atoms with E-state index in [2.05, 4.69) is 4.90 Å². The fraction of sp³-hybridized carbons (Fsp3) is 0.923. The number of morpholine rings is 1. The lowest BCUT2D eigenvalue weighted by atomic mass is 9.87. The van der Waals surface area contributed by atoms with E-state index >= 15 is 0 Å². The Hall–Kier alpha value is -0.610. The molecule has 4 nitrogen and oxygen atoms in total. The molecule has 0 aromatic carbocycles. The highest BCUT2D eigenvalue weighted by Gasteiger charge is 2.29. The third-order valence-corrected chi connectivity index (χ3v) is 4.07. The molecule has 0 amide bonds. The van der Waals surface area contributed by atoms with Crippen LogP contribution >= 0.6 is 0 Å². The first-order valence-corrected chi connectivity index (χ1v) is 6.82. The Balaban J connectivity index is 1.77. The molecule has 1 unspecified atom stereocenters. The van der Waals surface area contributed by atoms with Crippen molar-refractivity contribution >= 4 is 5.97 Å². The molecular weight excluding hydrogens is 218 g/mol. The minimum Gasteiger partial charge on any atom is -0.480 e. The van der Waals surface area contributed by atoms with Crippen LogP contribution in [0.1, 0.15) is 38.5 Å². The van der Waals surface area contributed by atoms with Gasteiger partial charge < -0.3 is 9.84 Å². The molecule has 1 N–H and O–H groups in total. The van der Waals surface area contributed by atoms with E-state index < -0.39 is 12.0 Å². The lowest BCUT2D eigenvalue weighted by Crippen LogP contribution is -2.50. The van der Waals surface area contributed by atoms with Gasteiger partial charge in [0.1, 0.15) is 6.04 Å². The molecule has 1 saturated carbocycles. The molecule has 1 atom stereocenters. The molecule has 1 heterocycles. The Morgan fingerprint density at radius 1 is 1.29 bits per heavy atom. The van der Waals surface area contributed by atoms with E-state index in [1.54, 1.807) is 0 Å². The van der Waals surface area contributed by atoms with Crippen molar-refractivity contribution in [2.75, 3.05) is 26.3 Å². The highest BCUT2D eigenvalue weighted by atomic mass is 16.5. The normalized spacial score (nSPS) is 28.1. The number of carboxylic acids is 1. The van der Waals surface area contributed by atoms with Crippen molar-refractivity contribution in [3.8, 4) is 0 Å². The van der Waals surface area contributed by atoms with E-state index in [1.807, 2.05) is 0 Å². The number of ether oxygens (including phenoxy) is 1. The number of carboxylic acid groups (broad SMARTS) is 1. The first-order chi connectivity index (χ1) is 8.27. The maximum absolute atomic E-state index is 11.1. The largest absolute Gasteiger partial charge is 0.480 e. The summed E-state index contributed by atoms with van der Waals surface area (Å²) in [5.41, 5.74) is 0. The number of rotatable bonds is 4. The molecule has 2 rings (SSSR count). The van der Waals surface area contributed by atoms with Crippen LogP contribution in [0.2, 0.25) is 0 Å². The van der Waals surface area contributed by atoms with Crippen LogP contribution in [0, 0.1) is 5.92 Å². The monoisotopic (exact) mass is 241 g/mol. The molecule has 0 bridgehead atoms. The van der Waals surface area contributed by atoms with E-state index in [-0.39, 0.29) is 0 Å². The molecule has 1 saturated heterocycles. The second kappa shape index (κ2) is 6.36. The zero-order valence-electron chi connectivity index (χ0n) is 10.4. The summed E-state index contributed by atoms with van der Waals surface area (Å²) in [7, 11) is 0. The molecular formula is C13H23NO3. The molecule has 2 fully saturated rings. The standard InChI is InChI=1S/C13H23NO3/c15-13(16)12-10-17-9-8-14(12)7-6-11-4-2-1-3-5-11/h11-12H,1-10H2,(H,15,16). The van der Waals surface area contributed by atoms with Crippen LogP contribution in [-0.4, -0.2) is 48.3 Å². The smallest absolute Gasteiger partial charge is 0.323 e. The lowest BCUT2D eigenvalue weighted by molar-refractivity contribution is -0.149. The first-order valence-electron chi connectivity index (χ1n) is 6.82. The van der Waals surface area contributed by atoms with Crippen molar-refractivity contribution in [2.24, 2.45) is 5.92 Å². The van der Waals surface area contributed by atoms with E-state index in [0.717, 1.165) is 25.4 Å². The average molecular weight is 241 g/mol. The van der Waals surface area contributed by atoms with Crippen LogP contribution in [0.15, 0.2) is 0 Å². The van der Waals surface area contributed by atoms with E-state index in [4.69, 9.17) is 9.84 Å². The topological polar surface area (TPSA) is 49.8 Å². The minimum absolute atomic E-state index is 0.347. The second-order valence-corrected chi connectivity index (χ2v) is 5.26. The van der Waals surface area contributed by atoms with Gasteiger partial charge in [-0.15, -0.1) is 0 Å². The van der Waals surface area contributed by atoms with Gasteiger partial charge in [0, 0.05) is 6.54 Å². The Morgan fingerprint density at radius 3 is 2.76 bits per heavy atom. The number of nitrogens with zero attached hydrogens (tertiary/aromatic N) is 1. The fourth-order valence-electron chi connectivity index (χ4n) is 2.96. The van der Waals surface area contributed by atoms with Crippen LogP contribution in [-0.2, 0) is 9.53 Å². The third-order valence-electron chi connectivity index (χ3n) is 4.07. The third kappa shape index (κ3) is 3.68. The van der Waals surface area contributed by atoms with Gasteiger partial charge in [-0.2, -0.15) is 0 Å². The molecule has 2 aliphatic rings. The molecule has 0 aromatic rings. The molecule has 0 aromatic heterocycles. The quantitative estimate of drug-likeness (QED) is 0.814. The van der Waals surface area contributed by atoms with E-state index in [9.17, 15) is 4.79 Å². The lowest BCUT2D eigenvalue weighted by Gasteiger charge is -2.34. The fourth-order valence-corrected chi connectivity index (χ4v) is 2.96. The van der Waals surface area contributed by atoms with Crippen molar-refractivity contribution < 1.29 is 14.6 Å². The highest BCUT2D eigenvalue weighted by molar-refractivity contribution is 5.73. The average Bonchev–Trinajstić information content (AvgIpc) is 2.38. The van der Waals surface area contributed by atoms with Crippen LogP contribution in [0.3, 0.4) is 0 Å². The van der Waals surface area contributed by atoms with Crippen LogP contribution in [0.4, 0.5) is 0 Å². The number of hydrogen-bond acceptors (Lipinski definition) is 3. The zero-order valence-corrected chi connectivity index (χ0v) is 10.4. The van der Waals surface area contributed by atoms with Crippen LogP contribution < -0.4 is 0 Å². The molecule has 17 heavy (non-hydrogen) atoms. The van der Waals surface area contributed by atoms with Crippen molar-refractivity contribution in [3.63, 3.8) is 0 Å². The SMILES string of the molecule is O=C(O)C1COCCN1CCC1CCCCC1. The minimum atomic E-state index is -0.742. The van der Waals surface area contributed by atoms with Crippen molar-refractivity contribution in [1.29, 1.82) is 0 Å². The summed E-state index contributed by atoms with van der Waals surface area (Å²) in [5, 5.41) is 9.12. The van der Waals surface area contributed by atoms with Crippen LogP contribution in [0.25, 0.3) is 0 Å². The maximum atomic E-state index is 11.1. The maximum Gasteiger partial charge on any atom is 0.323 e. The number of carbonyl (C=O) groups is 1. The predicted octanol–water partition coefficient (Wildman–Crippen LogP) is 1.74. The van der Waals surface area contributed by atoms with Gasteiger partial charge in [-0.3, -0.25) is 9.69 Å². The summed E-state index contributed by atoms with van der Waals surface area (Å²) in [4.78, 5) is 13.2. The summed E-state index contributed by atoms with van der Waals surface area (Å²) in [6, 6.07) is -0.424. The molecule has 0 spiro atoms. The number of hydrogen-bond donors (Lipinski definition) is 1. The van der Waals surface area contributed by atoms with Gasteiger partial charge in [0.25, 0.3) is 0 Å². The zero-order chi connectivity index (χ0) is 12.1. The Bertz CT molecular complexity index is 251. The second-order valence-electron chi connectivity index (χ2n) is 5.26. The van der Waals surface area contributed by atoms with Gasteiger partial charge in [0.05, 0.1) is 13.2 Å².